The molecule has 0 radical (unpaired) electrons. The number of quaternary nitrogens is 1. The van der Waals surface area contributed by atoms with Gasteiger partial charge in [0.1, 0.15) is 6.17 Å². The number of nitrogens with two attached hydrogens (primary N) is 2. The number of fused-ring (bicyclic) bond motifs is 7. The third kappa shape index (κ3) is 7.51. The molecule has 8 fully saturated rings. The number of esters is 1. The highest BCUT2D eigenvalue weighted by molar-refractivity contribution is 5.65. The first kappa shape index (κ1) is 41.5. The molecule has 328 valence electrons. The number of hydrogen-bond donors (Lipinski definition) is 4. The summed E-state index contributed by atoms with van der Waals surface area (Å²) in [5.74, 6) is 13.6. The Morgan fingerprint density at radius 2 is 1.64 bits per heavy atom. The van der Waals surface area contributed by atoms with Crippen molar-refractivity contribution in [2.75, 3.05) is 20.8 Å². The minimum absolute atomic E-state index is 0.0484. The van der Waals surface area contributed by atoms with E-state index in [0.29, 0.717) is 72.2 Å². The highest BCUT2D eigenvalue weighted by atomic mass is 16.5. The number of piperidine rings is 1. The molecule has 0 amide bonds. The molecule has 10 rings (SSSR count). The predicted octanol–water partition coefficient (Wildman–Crippen LogP) is 5.60. The minimum Gasteiger partial charge on any atom is -0.465 e. The van der Waals surface area contributed by atoms with E-state index in [1.807, 2.05) is 7.11 Å². The Morgan fingerprint density at radius 1 is 0.847 bits per heavy atom. The van der Waals surface area contributed by atoms with Gasteiger partial charge in [0.15, 0.2) is 6.04 Å². The first-order valence-corrected chi connectivity index (χ1v) is 24.6. The van der Waals surface area contributed by atoms with Gasteiger partial charge in [-0.2, -0.15) is 0 Å². The fourth-order valence-electron chi connectivity index (χ4n) is 17.5. The standard InChI is InChI=1S/C50H76N2O7/c1-27(53)58-26-38-35-14-15-36-45-33(19-34(54)22-42(45)57-3)25-50-17-16-32(24-50)44-30(18-28-8-5-4-6-9-28)12-13-31-21-43(51)52-39(46(31)44)11-7-10-29-20-40(55)41(56-2)23-37(29)48(38)59-49(35)47(36)50/h12-13,28-49,52,54-55H,4-6,8-10,14-26,51H2,1-3H3/p+1/t29?,30-,31?,32+,33?,34?,35?,36?,37?,38-,39?,40?,41?,42?,43?,44+,45?,46?,47?,48-,49?,50+/m1/s1. The Balaban J connectivity index is 1.10. The van der Waals surface area contributed by atoms with E-state index in [2.05, 4.69) is 29.3 Å². The lowest BCUT2D eigenvalue weighted by Crippen LogP contribution is -3.01. The zero-order valence-electron chi connectivity index (χ0n) is 36.4. The number of ether oxygens (including phenoxy) is 4. The average Bonchev–Trinajstić information content (AvgIpc) is 3.81. The van der Waals surface area contributed by atoms with Crippen LogP contribution in [0.2, 0.25) is 0 Å². The van der Waals surface area contributed by atoms with E-state index in [9.17, 15) is 15.0 Å². The van der Waals surface area contributed by atoms with Crippen molar-refractivity contribution in [3.05, 3.63) is 12.2 Å². The second-order valence-electron chi connectivity index (χ2n) is 22.3. The summed E-state index contributed by atoms with van der Waals surface area (Å²) in [6, 6.07) is 0.163. The third-order valence-corrected chi connectivity index (χ3v) is 19.5. The fraction of sp³-hybridized carbons (Fsp3) is 0.900. The average molecular weight is 818 g/mol. The topological polar surface area (TPSA) is 137 Å². The molecule has 59 heavy (non-hydrogen) atoms. The summed E-state index contributed by atoms with van der Waals surface area (Å²) in [6.07, 6.45) is 24.4. The van der Waals surface area contributed by atoms with Crippen LogP contribution in [0.5, 0.6) is 0 Å². The van der Waals surface area contributed by atoms with E-state index in [1.54, 1.807) is 14.0 Å². The molecule has 9 nitrogen and oxygen atoms in total. The molecule has 0 aromatic heterocycles. The highest BCUT2D eigenvalue weighted by Gasteiger charge is 2.67. The van der Waals surface area contributed by atoms with E-state index in [4.69, 9.17) is 24.7 Å². The smallest absolute Gasteiger partial charge is 0.302 e. The number of aliphatic hydroxyl groups is 2. The third-order valence-electron chi connectivity index (χ3n) is 19.5. The van der Waals surface area contributed by atoms with Crippen LogP contribution in [0.1, 0.15) is 122 Å². The molecule has 3 aliphatic heterocycles. The van der Waals surface area contributed by atoms with Crippen LogP contribution in [-0.2, 0) is 23.7 Å². The monoisotopic (exact) mass is 818 g/mol. The molecule has 6 saturated carbocycles. The molecule has 22 atom stereocenters. The molecule has 3 heterocycles. The Bertz CT molecular complexity index is 1610. The van der Waals surface area contributed by atoms with Crippen LogP contribution in [0.15, 0.2) is 12.2 Å². The van der Waals surface area contributed by atoms with Crippen molar-refractivity contribution in [1.82, 2.24) is 0 Å². The first-order chi connectivity index (χ1) is 28.6. The molecule has 0 aromatic rings. The minimum atomic E-state index is -0.542. The maximum absolute atomic E-state index is 12.5. The molecule has 16 unspecified atom stereocenters. The van der Waals surface area contributed by atoms with E-state index >= 15 is 0 Å². The Morgan fingerprint density at radius 3 is 2.44 bits per heavy atom. The molecule has 10 aliphatic rings. The number of aliphatic hydroxyl groups excluding tert-OH is 2. The van der Waals surface area contributed by atoms with Gasteiger partial charge in [-0.15, -0.1) is 0 Å². The quantitative estimate of drug-likeness (QED) is 0.155. The van der Waals surface area contributed by atoms with Crippen molar-refractivity contribution in [1.29, 1.82) is 0 Å². The number of allylic oxidation sites excluding steroid dienone is 2. The lowest BCUT2D eigenvalue weighted by Gasteiger charge is -2.61. The van der Waals surface area contributed by atoms with Gasteiger partial charge in [0.25, 0.3) is 0 Å². The summed E-state index contributed by atoms with van der Waals surface area (Å²) in [5, 5.41) is 25.3. The summed E-state index contributed by atoms with van der Waals surface area (Å²) in [5.41, 5.74) is 7.04. The Kier molecular flexibility index (Phi) is 11.9. The molecule has 0 aromatic carbocycles. The van der Waals surface area contributed by atoms with Crippen LogP contribution in [0, 0.1) is 100 Å². The van der Waals surface area contributed by atoms with Gasteiger partial charge in [0.05, 0.1) is 43.2 Å². The van der Waals surface area contributed by atoms with Crippen LogP contribution < -0.4 is 11.1 Å². The van der Waals surface area contributed by atoms with E-state index in [0.717, 1.165) is 57.3 Å². The number of rotatable bonds is 6. The summed E-state index contributed by atoms with van der Waals surface area (Å²) < 4.78 is 26.2. The second-order valence-corrected chi connectivity index (χ2v) is 22.3. The second kappa shape index (κ2) is 16.9. The highest BCUT2D eigenvalue weighted by Crippen LogP contribution is 2.69. The molecule has 7 aliphatic carbocycles. The SMILES string of the molecule is COC1CC2C(CC#CC3[NH2+]C(N)CC4C=C[C@H](CC5CCCCC5)[C@H](C43)[C@H]3CC[C@@]4(CC5CC(O)CC(OC)C5C5CCC6C(O[C@H]2[C@@H]6COC(C)=O)C54)C3)CC1O. The first-order valence-electron chi connectivity index (χ1n) is 24.6. The number of hydrogen-bond acceptors (Lipinski definition) is 8. The van der Waals surface area contributed by atoms with E-state index in [1.165, 1.54) is 57.8 Å². The van der Waals surface area contributed by atoms with Crippen LogP contribution in [0.3, 0.4) is 0 Å². The van der Waals surface area contributed by atoms with Crippen LogP contribution in [0.25, 0.3) is 0 Å². The van der Waals surface area contributed by atoms with E-state index < -0.39 is 6.10 Å². The molecule has 1 spiro atoms. The molecular formula is C50H77N2O7+. The van der Waals surface area contributed by atoms with Crippen molar-refractivity contribution in [3.8, 4) is 11.8 Å². The normalized spacial score (nSPS) is 52.7. The molecule has 6 N–H and O–H groups in total. The van der Waals surface area contributed by atoms with Crippen molar-refractivity contribution < 1.29 is 39.3 Å². The largest absolute Gasteiger partial charge is 0.465 e. The van der Waals surface area contributed by atoms with Gasteiger partial charge >= 0.3 is 5.97 Å². The van der Waals surface area contributed by atoms with Gasteiger partial charge in [-0.1, -0.05) is 50.2 Å². The summed E-state index contributed by atoms with van der Waals surface area (Å²) in [6.45, 7) is 1.93. The van der Waals surface area contributed by atoms with Crippen LogP contribution in [0.4, 0.5) is 0 Å². The van der Waals surface area contributed by atoms with Crippen LogP contribution >= 0.6 is 0 Å². The molecular weight excluding hydrogens is 741 g/mol. The summed E-state index contributed by atoms with van der Waals surface area (Å²) in [7, 11) is 3.61. The number of methoxy groups -OCH3 is 2. The lowest BCUT2D eigenvalue weighted by atomic mass is 9.45. The van der Waals surface area contributed by atoms with Crippen LogP contribution in [-0.4, -0.2) is 85.8 Å². The Hall–Kier alpha value is -1.51. The number of carbonyl (C=O) groups excluding carboxylic acids is 1. The van der Waals surface area contributed by atoms with Gasteiger partial charge < -0.3 is 34.5 Å². The van der Waals surface area contributed by atoms with E-state index in [-0.39, 0.29) is 71.9 Å². The summed E-state index contributed by atoms with van der Waals surface area (Å²) in [4.78, 5) is 12.5. The molecule has 4 bridgehead atoms. The molecule has 9 heteroatoms. The van der Waals surface area contributed by atoms with Crippen molar-refractivity contribution >= 4 is 5.97 Å². The van der Waals surface area contributed by atoms with Gasteiger partial charge in [-0.3, -0.25) is 10.5 Å². The number of carbonyl (C=O) groups is 1. The predicted molar refractivity (Wildman–Crippen MR) is 224 cm³/mol. The van der Waals surface area contributed by atoms with Crippen molar-refractivity contribution in [2.45, 2.75) is 171 Å². The molecule has 2 saturated heterocycles. The van der Waals surface area contributed by atoms with Gasteiger partial charge in [-0.05, 0) is 153 Å². The Labute approximate surface area is 354 Å². The van der Waals surface area contributed by atoms with Gasteiger partial charge in [0.2, 0.25) is 0 Å². The fourth-order valence-corrected chi connectivity index (χ4v) is 17.5. The van der Waals surface area contributed by atoms with Crippen molar-refractivity contribution in [2.24, 2.45) is 94.0 Å². The summed E-state index contributed by atoms with van der Waals surface area (Å²) >= 11 is 0. The zero-order valence-corrected chi connectivity index (χ0v) is 36.4. The van der Waals surface area contributed by atoms with Gasteiger partial charge in [0, 0.05) is 45.8 Å². The van der Waals surface area contributed by atoms with Crippen molar-refractivity contribution in [3.63, 3.8) is 0 Å². The maximum Gasteiger partial charge on any atom is 0.302 e. The zero-order chi connectivity index (χ0) is 40.6. The lowest BCUT2D eigenvalue weighted by molar-refractivity contribution is -0.728. The van der Waals surface area contributed by atoms with Gasteiger partial charge in [-0.25, -0.2) is 0 Å². The maximum atomic E-state index is 12.5.